The number of amides is 1. The summed E-state index contributed by atoms with van der Waals surface area (Å²) in [5.74, 6) is 0.258. The summed E-state index contributed by atoms with van der Waals surface area (Å²) < 4.78 is 30.8. The molecule has 3 rings (SSSR count). The van der Waals surface area contributed by atoms with E-state index in [9.17, 15) is 13.2 Å². The normalized spacial score (nSPS) is 16.6. The molecule has 2 aromatic rings. The molecule has 0 heterocycles. The molecular formula is C20H24N2O4S. The summed E-state index contributed by atoms with van der Waals surface area (Å²) in [5.41, 5.74) is 2.46. The number of nitrogens with one attached hydrogen (secondary N) is 1. The topological polar surface area (TPSA) is 75.7 Å². The van der Waals surface area contributed by atoms with Crippen LogP contribution in [0.1, 0.15) is 30.0 Å². The van der Waals surface area contributed by atoms with Crippen molar-refractivity contribution in [2.75, 3.05) is 20.7 Å². The van der Waals surface area contributed by atoms with Gasteiger partial charge in [-0.25, -0.2) is 12.7 Å². The first-order valence-electron chi connectivity index (χ1n) is 8.90. The van der Waals surface area contributed by atoms with Crippen LogP contribution in [0.4, 0.5) is 0 Å². The van der Waals surface area contributed by atoms with Crippen LogP contribution in [0.3, 0.4) is 0 Å². The molecule has 1 amide bonds. The molecule has 1 atom stereocenters. The third-order valence-electron chi connectivity index (χ3n) is 4.68. The molecule has 0 spiro atoms. The second-order valence-corrected chi connectivity index (χ2v) is 8.91. The van der Waals surface area contributed by atoms with Crippen molar-refractivity contribution < 1.29 is 17.9 Å². The fraction of sp³-hybridized carbons (Fsp3) is 0.350. The van der Waals surface area contributed by atoms with Gasteiger partial charge in [-0.2, -0.15) is 0 Å². The maximum Gasteiger partial charge on any atom is 0.258 e. The van der Waals surface area contributed by atoms with Crippen molar-refractivity contribution in [3.8, 4) is 5.75 Å². The van der Waals surface area contributed by atoms with Crippen molar-refractivity contribution in [2.45, 2.75) is 30.2 Å². The minimum Gasteiger partial charge on any atom is -0.484 e. The Kier molecular flexibility index (Phi) is 5.82. The summed E-state index contributed by atoms with van der Waals surface area (Å²) in [7, 11) is -0.515. The van der Waals surface area contributed by atoms with Crippen LogP contribution in [0.25, 0.3) is 0 Å². The lowest BCUT2D eigenvalue weighted by Crippen LogP contribution is -2.34. The molecule has 0 fully saturated rings. The molecule has 27 heavy (non-hydrogen) atoms. The molecule has 1 aliphatic rings. The van der Waals surface area contributed by atoms with E-state index < -0.39 is 10.0 Å². The monoisotopic (exact) mass is 388 g/mol. The Morgan fingerprint density at radius 2 is 1.85 bits per heavy atom. The quantitative estimate of drug-likeness (QED) is 0.825. The van der Waals surface area contributed by atoms with Gasteiger partial charge in [0.1, 0.15) is 5.75 Å². The van der Waals surface area contributed by atoms with E-state index in [0.717, 1.165) is 23.6 Å². The number of fused-ring (bicyclic) bond motifs is 1. The van der Waals surface area contributed by atoms with Crippen molar-refractivity contribution in [3.05, 3.63) is 59.7 Å². The number of ether oxygens (including phenoxy) is 1. The smallest absolute Gasteiger partial charge is 0.258 e. The third kappa shape index (κ3) is 4.48. The largest absolute Gasteiger partial charge is 0.484 e. The van der Waals surface area contributed by atoms with Gasteiger partial charge in [-0.1, -0.05) is 24.3 Å². The molecule has 0 unspecified atom stereocenters. The first kappa shape index (κ1) is 19.4. The number of carbonyl (C=O) groups is 1. The number of benzene rings is 2. The van der Waals surface area contributed by atoms with Crippen molar-refractivity contribution in [3.63, 3.8) is 0 Å². The number of hydrogen-bond donors (Lipinski definition) is 1. The van der Waals surface area contributed by atoms with E-state index >= 15 is 0 Å². The lowest BCUT2D eigenvalue weighted by Gasteiger charge is -2.26. The Morgan fingerprint density at radius 1 is 1.15 bits per heavy atom. The van der Waals surface area contributed by atoms with Crippen LogP contribution in [0.15, 0.2) is 53.4 Å². The highest BCUT2D eigenvalue weighted by atomic mass is 32.2. The van der Waals surface area contributed by atoms with E-state index in [4.69, 9.17) is 4.74 Å². The van der Waals surface area contributed by atoms with Crippen LogP contribution >= 0.6 is 0 Å². The lowest BCUT2D eigenvalue weighted by atomic mass is 9.88. The Labute approximate surface area is 160 Å². The van der Waals surface area contributed by atoms with E-state index in [1.807, 2.05) is 12.1 Å². The number of nitrogens with zero attached hydrogens (tertiary/aromatic N) is 1. The van der Waals surface area contributed by atoms with E-state index in [2.05, 4.69) is 17.4 Å². The average molecular weight is 388 g/mol. The SMILES string of the molecule is CN(C)S(=O)(=O)c1ccc(OCC(=O)N[C@@H]2CCCc3ccccc32)cc1. The molecule has 0 aromatic heterocycles. The highest BCUT2D eigenvalue weighted by Crippen LogP contribution is 2.29. The van der Waals surface area contributed by atoms with Gasteiger partial charge in [0.25, 0.3) is 5.91 Å². The Balaban J connectivity index is 1.57. The molecule has 7 heteroatoms. The van der Waals surface area contributed by atoms with Crippen LogP contribution in [-0.2, 0) is 21.2 Å². The first-order valence-corrected chi connectivity index (χ1v) is 10.3. The van der Waals surface area contributed by atoms with Gasteiger partial charge in [-0.15, -0.1) is 0 Å². The Morgan fingerprint density at radius 3 is 2.56 bits per heavy atom. The molecule has 0 radical (unpaired) electrons. The number of sulfonamides is 1. The number of carbonyl (C=O) groups excluding carboxylic acids is 1. The highest BCUT2D eigenvalue weighted by molar-refractivity contribution is 7.89. The standard InChI is InChI=1S/C20H24N2O4S/c1-22(2)27(24,25)17-12-10-16(11-13-17)26-14-20(23)21-19-9-5-7-15-6-3-4-8-18(15)19/h3-4,6,8,10-13,19H,5,7,9,14H2,1-2H3,(H,21,23)/t19-/m1/s1. The molecule has 144 valence electrons. The van der Waals surface area contributed by atoms with Crippen LogP contribution < -0.4 is 10.1 Å². The summed E-state index contributed by atoms with van der Waals surface area (Å²) >= 11 is 0. The first-order chi connectivity index (χ1) is 12.9. The van der Waals surface area contributed by atoms with Gasteiger partial charge in [0.2, 0.25) is 10.0 Å². The molecule has 0 saturated heterocycles. The lowest BCUT2D eigenvalue weighted by molar-refractivity contribution is -0.123. The van der Waals surface area contributed by atoms with E-state index in [0.29, 0.717) is 5.75 Å². The maximum absolute atomic E-state index is 12.3. The molecule has 1 N–H and O–H groups in total. The minimum atomic E-state index is -3.47. The predicted molar refractivity (Wildman–Crippen MR) is 103 cm³/mol. The third-order valence-corrected chi connectivity index (χ3v) is 6.51. The van der Waals surface area contributed by atoms with Gasteiger partial charge < -0.3 is 10.1 Å². The summed E-state index contributed by atoms with van der Waals surface area (Å²) in [4.78, 5) is 12.5. The number of rotatable bonds is 6. The second-order valence-electron chi connectivity index (χ2n) is 6.76. The second kappa shape index (κ2) is 8.10. The van der Waals surface area contributed by atoms with Crippen LogP contribution in [0, 0.1) is 0 Å². The fourth-order valence-electron chi connectivity index (χ4n) is 3.21. The average Bonchev–Trinajstić information content (AvgIpc) is 2.67. The van der Waals surface area contributed by atoms with Crippen LogP contribution in [0.2, 0.25) is 0 Å². The van der Waals surface area contributed by atoms with Gasteiger partial charge >= 0.3 is 0 Å². The zero-order chi connectivity index (χ0) is 19.4. The summed E-state index contributed by atoms with van der Waals surface area (Å²) in [6.45, 7) is -0.113. The zero-order valence-corrected chi connectivity index (χ0v) is 16.3. The zero-order valence-electron chi connectivity index (χ0n) is 15.5. The highest BCUT2D eigenvalue weighted by Gasteiger charge is 2.21. The van der Waals surface area contributed by atoms with Crippen molar-refractivity contribution in [2.24, 2.45) is 0 Å². The minimum absolute atomic E-state index is 0.0126. The van der Waals surface area contributed by atoms with Gasteiger partial charge in [-0.05, 0) is 54.7 Å². The molecule has 0 aliphatic heterocycles. The fourth-order valence-corrected chi connectivity index (χ4v) is 4.11. The van der Waals surface area contributed by atoms with Crippen molar-refractivity contribution in [1.29, 1.82) is 0 Å². The summed E-state index contributed by atoms with van der Waals surface area (Å²) in [6, 6.07) is 14.2. The Hall–Kier alpha value is -2.38. The van der Waals surface area contributed by atoms with E-state index in [1.165, 1.54) is 37.4 Å². The van der Waals surface area contributed by atoms with Gasteiger partial charge in [0.05, 0.1) is 10.9 Å². The number of aryl methyl sites for hydroxylation is 1. The van der Waals surface area contributed by atoms with Crippen LogP contribution in [0.5, 0.6) is 5.75 Å². The molecular weight excluding hydrogens is 364 g/mol. The maximum atomic E-state index is 12.3. The van der Waals surface area contributed by atoms with Crippen molar-refractivity contribution >= 4 is 15.9 Å². The molecule has 2 aromatic carbocycles. The molecule has 0 saturated carbocycles. The summed E-state index contributed by atoms with van der Waals surface area (Å²) in [6.07, 6.45) is 3.01. The van der Waals surface area contributed by atoms with Gasteiger partial charge in [-0.3, -0.25) is 4.79 Å². The van der Waals surface area contributed by atoms with Gasteiger partial charge in [0.15, 0.2) is 6.61 Å². The molecule has 1 aliphatic carbocycles. The predicted octanol–water partition coefficient (Wildman–Crippen LogP) is 2.51. The molecule has 6 nitrogen and oxygen atoms in total. The van der Waals surface area contributed by atoms with E-state index in [1.54, 1.807) is 12.1 Å². The van der Waals surface area contributed by atoms with Crippen molar-refractivity contribution in [1.82, 2.24) is 9.62 Å². The van der Waals surface area contributed by atoms with Crippen LogP contribution in [-0.4, -0.2) is 39.3 Å². The van der Waals surface area contributed by atoms with E-state index in [-0.39, 0.29) is 23.5 Å². The van der Waals surface area contributed by atoms with Gasteiger partial charge in [0, 0.05) is 14.1 Å². The Bertz CT molecular complexity index is 908. The molecule has 0 bridgehead atoms. The number of hydrogen-bond acceptors (Lipinski definition) is 4. The summed E-state index contributed by atoms with van der Waals surface area (Å²) in [5, 5.41) is 3.03.